The lowest BCUT2D eigenvalue weighted by molar-refractivity contribution is 0.260. The van der Waals surface area contributed by atoms with E-state index in [0.717, 1.165) is 76.6 Å². The molecule has 7 nitrogen and oxygen atoms in total. The van der Waals surface area contributed by atoms with E-state index in [1.165, 1.54) is 6.42 Å². The van der Waals surface area contributed by atoms with Crippen molar-refractivity contribution in [3.63, 3.8) is 0 Å². The Bertz CT molecular complexity index is 516. The first kappa shape index (κ1) is 23.9. The van der Waals surface area contributed by atoms with E-state index < -0.39 is 0 Å². The molecule has 0 aliphatic carbocycles. The zero-order chi connectivity index (χ0) is 18.6. The van der Waals surface area contributed by atoms with Crippen molar-refractivity contribution in [3.05, 3.63) is 18.5 Å². The zero-order valence-electron chi connectivity index (χ0n) is 17.0. The molecule has 1 saturated heterocycles. The summed E-state index contributed by atoms with van der Waals surface area (Å²) < 4.78 is 0. The third-order valence-corrected chi connectivity index (χ3v) is 4.48. The van der Waals surface area contributed by atoms with Crippen molar-refractivity contribution in [1.29, 1.82) is 0 Å². The third kappa shape index (κ3) is 9.55. The summed E-state index contributed by atoms with van der Waals surface area (Å²) in [7, 11) is 0. The van der Waals surface area contributed by atoms with Gasteiger partial charge >= 0.3 is 0 Å². The van der Waals surface area contributed by atoms with Crippen LogP contribution < -0.4 is 15.5 Å². The molecule has 2 N–H and O–H groups in total. The van der Waals surface area contributed by atoms with Gasteiger partial charge in [-0.25, -0.2) is 9.97 Å². The maximum absolute atomic E-state index is 4.67. The summed E-state index contributed by atoms with van der Waals surface area (Å²) in [6.45, 7) is 14.4. The molecule has 1 aromatic rings. The van der Waals surface area contributed by atoms with Gasteiger partial charge in [0.1, 0.15) is 0 Å². The van der Waals surface area contributed by atoms with Crippen LogP contribution in [0.15, 0.2) is 23.5 Å². The van der Waals surface area contributed by atoms with Crippen molar-refractivity contribution in [3.8, 4) is 0 Å². The number of hydrogen-bond acceptors (Lipinski definition) is 5. The lowest BCUT2D eigenvalue weighted by atomic mass is 10.1. The number of piperazine rings is 1. The second kappa shape index (κ2) is 13.9. The number of nitrogens with one attached hydrogen (secondary N) is 2. The average molecular weight is 489 g/mol. The van der Waals surface area contributed by atoms with Crippen LogP contribution in [0.5, 0.6) is 0 Å². The quantitative estimate of drug-likeness (QED) is 0.240. The minimum Gasteiger partial charge on any atom is -0.357 e. The monoisotopic (exact) mass is 489 g/mol. The molecule has 0 radical (unpaired) electrons. The van der Waals surface area contributed by atoms with Crippen LogP contribution in [-0.2, 0) is 0 Å². The molecule has 0 spiro atoms. The van der Waals surface area contributed by atoms with E-state index in [2.05, 4.69) is 56.2 Å². The largest absolute Gasteiger partial charge is 0.357 e. The number of guanidine groups is 1. The topological polar surface area (TPSA) is 68.7 Å². The summed E-state index contributed by atoms with van der Waals surface area (Å²) >= 11 is 0. The molecule has 1 aliphatic rings. The highest BCUT2D eigenvalue weighted by Crippen LogP contribution is 2.09. The maximum atomic E-state index is 4.67. The fourth-order valence-electron chi connectivity index (χ4n) is 2.99. The molecular weight excluding hydrogens is 453 g/mol. The first-order valence-corrected chi connectivity index (χ1v) is 9.95. The number of nitrogens with zero attached hydrogens (tertiary/aromatic N) is 5. The van der Waals surface area contributed by atoms with Gasteiger partial charge in [0.25, 0.3) is 0 Å². The fourth-order valence-corrected chi connectivity index (χ4v) is 2.99. The van der Waals surface area contributed by atoms with Crippen molar-refractivity contribution in [2.75, 3.05) is 57.3 Å². The third-order valence-electron chi connectivity index (χ3n) is 4.48. The number of aromatic nitrogens is 2. The van der Waals surface area contributed by atoms with E-state index in [4.69, 9.17) is 0 Å². The Morgan fingerprint density at radius 3 is 2.48 bits per heavy atom. The van der Waals surface area contributed by atoms with Crippen molar-refractivity contribution in [2.24, 2.45) is 10.9 Å². The van der Waals surface area contributed by atoms with Gasteiger partial charge in [-0.05, 0) is 31.7 Å². The fraction of sp³-hybridized carbons (Fsp3) is 0.737. The molecular formula is C19H36IN7. The van der Waals surface area contributed by atoms with Crippen LogP contribution in [-0.4, -0.2) is 73.2 Å². The van der Waals surface area contributed by atoms with Gasteiger partial charge in [0.05, 0.1) is 0 Å². The van der Waals surface area contributed by atoms with Crippen LogP contribution in [0.1, 0.15) is 33.6 Å². The Kier molecular flexibility index (Phi) is 12.3. The first-order valence-electron chi connectivity index (χ1n) is 9.95. The van der Waals surface area contributed by atoms with Gasteiger partial charge < -0.3 is 15.5 Å². The number of halogens is 1. The van der Waals surface area contributed by atoms with Gasteiger partial charge in [-0.15, -0.1) is 24.0 Å². The predicted octanol–water partition coefficient (Wildman–Crippen LogP) is 2.21. The standard InChI is InChI=1S/C19H35N7.HI/c1-4-20-18(21-8-5-7-17(2)3)22-11-12-25-13-15-26(16-14-25)19-23-9-6-10-24-19;/h6,9-10,17H,4-5,7-8,11-16H2,1-3H3,(H2,20,21,22);1H. The number of aliphatic imine (C=N–C) groups is 1. The van der Waals surface area contributed by atoms with E-state index in [0.29, 0.717) is 0 Å². The number of anilines is 1. The summed E-state index contributed by atoms with van der Waals surface area (Å²) in [4.78, 5) is 18.1. The molecule has 1 aromatic heterocycles. The summed E-state index contributed by atoms with van der Waals surface area (Å²) in [5, 5.41) is 6.79. The second-order valence-electron chi connectivity index (χ2n) is 7.10. The molecule has 0 amide bonds. The summed E-state index contributed by atoms with van der Waals surface area (Å²) in [6.07, 6.45) is 6.00. The van der Waals surface area contributed by atoms with Gasteiger partial charge in [-0.1, -0.05) is 13.8 Å². The smallest absolute Gasteiger partial charge is 0.225 e. The molecule has 8 heteroatoms. The Morgan fingerprint density at radius 2 is 1.85 bits per heavy atom. The molecule has 1 fully saturated rings. The molecule has 0 bridgehead atoms. The lowest BCUT2D eigenvalue weighted by Crippen LogP contribution is -2.49. The predicted molar refractivity (Wildman–Crippen MR) is 124 cm³/mol. The molecule has 2 heterocycles. The minimum absolute atomic E-state index is 0. The molecule has 0 saturated carbocycles. The Labute approximate surface area is 181 Å². The number of hydrogen-bond donors (Lipinski definition) is 2. The highest BCUT2D eigenvalue weighted by molar-refractivity contribution is 14.0. The Balaban J connectivity index is 0.00000364. The Hall–Kier alpha value is -1.16. The van der Waals surface area contributed by atoms with Crippen LogP contribution in [0, 0.1) is 5.92 Å². The highest BCUT2D eigenvalue weighted by Gasteiger charge is 2.18. The highest BCUT2D eigenvalue weighted by atomic mass is 127. The zero-order valence-corrected chi connectivity index (χ0v) is 19.4. The van der Waals surface area contributed by atoms with Crippen LogP contribution in [0.2, 0.25) is 0 Å². The van der Waals surface area contributed by atoms with E-state index in [1.807, 2.05) is 6.07 Å². The molecule has 27 heavy (non-hydrogen) atoms. The lowest BCUT2D eigenvalue weighted by Gasteiger charge is -2.34. The molecule has 0 unspecified atom stereocenters. The molecule has 0 aromatic carbocycles. The Morgan fingerprint density at radius 1 is 1.15 bits per heavy atom. The summed E-state index contributed by atoms with van der Waals surface area (Å²) in [5.74, 6) is 2.53. The number of rotatable bonds is 9. The van der Waals surface area contributed by atoms with Crippen LogP contribution in [0.4, 0.5) is 5.95 Å². The van der Waals surface area contributed by atoms with Crippen molar-refractivity contribution in [1.82, 2.24) is 25.5 Å². The minimum atomic E-state index is 0. The normalized spacial score (nSPS) is 15.6. The van der Waals surface area contributed by atoms with Crippen molar-refractivity contribution < 1.29 is 0 Å². The van der Waals surface area contributed by atoms with Crippen LogP contribution in [0.25, 0.3) is 0 Å². The maximum Gasteiger partial charge on any atom is 0.225 e. The second-order valence-corrected chi connectivity index (χ2v) is 7.10. The summed E-state index contributed by atoms with van der Waals surface area (Å²) in [5.41, 5.74) is 0. The van der Waals surface area contributed by atoms with Crippen molar-refractivity contribution in [2.45, 2.75) is 33.6 Å². The van der Waals surface area contributed by atoms with Gasteiger partial charge in [-0.3, -0.25) is 9.89 Å². The SMILES string of the molecule is CCNC(=NCCCC(C)C)NCCN1CCN(c2ncccn2)CC1.I. The van der Waals surface area contributed by atoms with Crippen LogP contribution in [0.3, 0.4) is 0 Å². The molecule has 2 rings (SSSR count). The van der Waals surface area contributed by atoms with Gasteiger partial charge in [0.15, 0.2) is 5.96 Å². The van der Waals surface area contributed by atoms with E-state index in [1.54, 1.807) is 12.4 Å². The summed E-state index contributed by atoms with van der Waals surface area (Å²) in [6, 6.07) is 1.86. The molecule has 154 valence electrons. The molecule has 1 aliphatic heterocycles. The van der Waals surface area contributed by atoms with Gasteiger partial charge in [0, 0.05) is 64.8 Å². The molecule has 0 atom stereocenters. The van der Waals surface area contributed by atoms with Gasteiger partial charge in [-0.2, -0.15) is 0 Å². The van der Waals surface area contributed by atoms with E-state index in [-0.39, 0.29) is 24.0 Å². The van der Waals surface area contributed by atoms with Crippen molar-refractivity contribution >= 4 is 35.9 Å². The average Bonchev–Trinajstić information content (AvgIpc) is 2.66. The first-order chi connectivity index (χ1) is 12.7. The van der Waals surface area contributed by atoms with Gasteiger partial charge in [0.2, 0.25) is 5.95 Å². The van der Waals surface area contributed by atoms with E-state index >= 15 is 0 Å². The van der Waals surface area contributed by atoms with E-state index in [9.17, 15) is 0 Å². The van der Waals surface area contributed by atoms with Crippen LogP contribution >= 0.6 is 24.0 Å².